The first-order valence-electron chi connectivity index (χ1n) is 9.03. The van der Waals surface area contributed by atoms with Gasteiger partial charge in [0.15, 0.2) is 0 Å². The van der Waals surface area contributed by atoms with Crippen LogP contribution >= 0.6 is 11.6 Å². The first-order valence-corrected chi connectivity index (χ1v) is 10.9. The van der Waals surface area contributed by atoms with Gasteiger partial charge in [0.2, 0.25) is 9.84 Å². The fraction of sp³-hybridized carbons (Fsp3) is 0.0909. The van der Waals surface area contributed by atoms with Gasteiger partial charge in [-0.3, -0.25) is 9.59 Å². The van der Waals surface area contributed by atoms with Gasteiger partial charge in [-0.05, 0) is 48.4 Å². The number of nitrogens with one attached hydrogen (secondary N) is 2. The summed E-state index contributed by atoms with van der Waals surface area (Å²) in [5, 5.41) is 3.00. The van der Waals surface area contributed by atoms with E-state index in [9.17, 15) is 18.0 Å². The van der Waals surface area contributed by atoms with Crippen LogP contribution in [0.5, 0.6) is 0 Å². The van der Waals surface area contributed by atoms with E-state index in [2.05, 4.69) is 10.3 Å². The summed E-state index contributed by atoms with van der Waals surface area (Å²) in [6.07, 6.45) is 2.92. The molecule has 0 bridgehead atoms. The largest absolute Gasteiger partial charge is 0.348 e. The predicted octanol–water partition coefficient (Wildman–Crippen LogP) is 3.80. The number of rotatable bonds is 6. The number of aromatic nitrogens is 1. The molecule has 0 saturated carbocycles. The molecule has 30 heavy (non-hydrogen) atoms. The quantitative estimate of drug-likeness (QED) is 0.606. The highest BCUT2D eigenvalue weighted by molar-refractivity contribution is 7.95. The summed E-state index contributed by atoms with van der Waals surface area (Å²) < 4.78 is 25.1. The van der Waals surface area contributed by atoms with Gasteiger partial charge in [0, 0.05) is 22.7 Å². The lowest BCUT2D eigenvalue weighted by Crippen LogP contribution is -2.29. The van der Waals surface area contributed by atoms with E-state index < -0.39 is 21.3 Å². The molecule has 3 aromatic rings. The number of pyridine rings is 1. The van der Waals surface area contributed by atoms with Crippen LogP contribution in [0.3, 0.4) is 0 Å². The Morgan fingerprint density at radius 2 is 1.73 bits per heavy atom. The van der Waals surface area contributed by atoms with Crippen LogP contribution in [0.1, 0.15) is 17.3 Å². The van der Waals surface area contributed by atoms with Gasteiger partial charge in [-0.2, -0.15) is 0 Å². The summed E-state index contributed by atoms with van der Waals surface area (Å²) in [6.45, 7) is 1.39. The molecule has 0 atom stereocenters. The van der Waals surface area contributed by atoms with Crippen molar-refractivity contribution in [2.75, 3.05) is 6.54 Å². The van der Waals surface area contributed by atoms with Crippen molar-refractivity contribution in [2.24, 2.45) is 0 Å². The summed E-state index contributed by atoms with van der Waals surface area (Å²) >= 11 is 5.80. The van der Waals surface area contributed by atoms with Gasteiger partial charge >= 0.3 is 0 Å². The molecular formula is C22H19ClN2O4S. The molecule has 154 valence electrons. The SMILES string of the molecule is C/C(=C\CNC(=O)c1cc(-c2ccccc2)c[nH]c1=O)S(=O)(=O)c1ccc(Cl)cc1. The summed E-state index contributed by atoms with van der Waals surface area (Å²) in [5.74, 6) is -0.595. The zero-order valence-electron chi connectivity index (χ0n) is 16.1. The van der Waals surface area contributed by atoms with Crippen molar-refractivity contribution in [2.45, 2.75) is 11.8 Å². The highest BCUT2D eigenvalue weighted by Gasteiger charge is 2.17. The molecule has 0 unspecified atom stereocenters. The molecule has 0 aliphatic heterocycles. The maximum Gasteiger partial charge on any atom is 0.260 e. The van der Waals surface area contributed by atoms with Crippen LogP contribution in [0, 0.1) is 0 Å². The molecule has 8 heteroatoms. The third kappa shape index (κ3) is 4.87. The van der Waals surface area contributed by atoms with Crippen LogP contribution in [-0.2, 0) is 9.84 Å². The first-order chi connectivity index (χ1) is 14.3. The standard InChI is InChI=1S/C22H19ClN2O4S/c1-15(30(28,29)19-9-7-18(23)8-10-19)11-12-24-21(26)20-13-17(14-25-22(20)27)16-5-3-2-4-6-16/h2-11,13-14H,12H2,1H3,(H,24,26)(H,25,27)/b15-11+. The fourth-order valence-corrected chi connectivity index (χ4v) is 4.04. The number of halogens is 1. The van der Waals surface area contributed by atoms with E-state index >= 15 is 0 Å². The van der Waals surface area contributed by atoms with E-state index in [1.807, 2.05) is 30.3 Å². The van der Waals surface area contributed by atoms with Crippen molar-refractivity contribution in [1.82, 2.24) is 10.3 Å². The maximum absolute atomic E-state index is 12.6. The minimum absolute atomic E-state index is 0.0491. The molecule has 2 aromatic carbocycles. The molecule has 2 N–H and O–H groups in total. The van der Waals surface area contributed by atoms with Crippen molar-refractivity contribution < 1.29 is 13.2 Å². The molecule has 0 radical (unpaired) electrons. The Labute approximate surface area is 179 Å². The summed E-state index contributed by atoms with van der Waals surface area (Å²) in [7, 11) is -3.69. The normalized spacial score (nSPS) is 11.9. The minimum Gasteiger partial charge on any atom is -0.348 e. The van der Waals surface area contributed by atoms with E-state index in [1.165, 1.54) is 49.5 Å². The highest BCUT2D eigenvalue weighted by atomic mass is 35.5. The number of carbonyl (C=O) groups excluding carboxylic acids is 1. The van der Waals surface area contributed by atoms with Crippen molar-refractivity contribution in [1.29, 1.82) is 0 Å². The molecule has 1 amide bonds. The van der Waals surface area contributed by atoms with Gasteiger partial charge < -0.3 is 10.3 Å². The van der Waals surface area contributed by atoms with E-state index in [1.54, 1.807) is 0 Å². The molecule has 3 rings (SSSR count). The maximum atomic E-state index is 12.6. The second-order valence-electron chi connectivity index (χ2n) is 6.48. The predicted molar refractivity (Wildman–Crippen MR) is 117 cm³/mol. The molecule has 1 aromatic heterocycles. The number of sulfone groups is 1. The van der Waals surface area contributed by atoms with Crippen LogP contribution in [0.2, 0.25) is 5.02 Å². The Morgan fingerprint density at radius 3 is 2.40 bits per heavy atom. The van der Waals surface area contributed by atoms with Crippen LogP contribution < -0.4 is 10.9 Å². The van der Waals surface area contributed by atoms with Crippen molar-refractivity contribution in [3.8, 4) is 11.1 Å². The molecule has 0 saturated heterocycles. The van der Waals surface area contributed by atoms with Gasteiger partial charge in [0.25, 0.3) is 11.5 Å². The van der Waals surface area contributed by atoms with Gasteiger partial charge in [0.05, 0.1) is 4.90 Å². The van der Waals surface area contributed by atoms with Gasteiger partial charge in [-0.15, -0.1) is 0 Å². The molecule has 0 aliphatic carbocycles. The number of carbonyl (C=O) groups is 1. The molecular weight excluding hydrogens is 424 g/mol. The highest BCUT2D eigenvalue weighted by Crippen LogP contribution is 2.21. The van der Waals surface area contributed by atoms with Crippen molar-refractivity contribution in [3.05, 3.63) is 98.8 Å². The third-order valence-electron chi connectivity index (χ3n) is 4.45. The monoisotopic (exact) mass is 442 g/mol. The zero-order valence-corrected chi connectivity index (χ0v) is 17.6. The Kier molecular flexibility index (Phi) is 6.54. The zero-order chi connectivity index (χ0) is 21.7. The summed E-state index contributed by atoms with van der Waals surface area (Å²) in [4.78, 5) is 27.3. The van der Waals surface area contributed by atoms with E-state index in [0.29, 0.717) is 10.6 Å². The van der Waals surface area contributed by atoms with Gasteiger partial charge in [0.1, 0.15) is 5.56 Å². The van der Waals surface area contributed by atoms with Crippen LogP contribution in [0.4, 0.5) is 0 Å². The van der Waals surface area contributed by atoms with Crippen LogP contribution in [0.25, 0.3) is 11.1 Å². The number of amides is 1. The Hall–Kier alpha value is -3.16. The van der Waals surface area contributed by atoms with Crippen molar-refractivity contribution >= 4 is 27.3 Å². The second-order valence-corrected chi connectivity index (χ2v) is 9.04. The molecule has 6 nitrogen and oxygen atoms in total. The number of aromatic amines is 1. The van der Waals surface area contributed by atoms with Gasteiger partial charge in [-0.1, -0.05) is 48.0 Å². The fourth-order valence-electron chi connectivity index (χ4n) is 2.74. The average molecular weight is 443 g/mol. The molecule has 0 fully saturated rings. The number of allylic oxidation sites excluding steroid dienone is 1. The molecule has 0 aliphatic rings. The number of benzene rings is 2. The molecule has 0 spiro atoms. The van der Waals surface area contributed by atoms with Crippen LogP contribution in [-0.4, -0.2) is 25.9 Å². The second kappa shape index (κ2) is 9.11. The lowest BCUT2D eigenvalue weighted by atomic mass is 10.1. The number of hydrogen-bond acceptors (Lipinski definition) is 4. The van der Waals surface area contributed by atoms with E-state index in [0.717, 1.165) is 5.56 Å². The first kappa shape index (κ1) is 21.5. The average Bonchev–Trinajstić information content (AvgIpc) is 2.74. The Morgan fingerprint density at radius 1 is 1.07 bits per heavy atom. The summed E-state index contributed by atoms with van der Waals surface area (Å²) in [5.41, 5.74) is 0.967. The lowest BCUT2D eigenvalue weighted by Gasteiger charge is -2.07. The van der Waals surface area contributed by atoms with Crippen LogP contribution in [0.15, 0.2) is 87.5 Å². The topological polar surface area (TPSA) is 96.1 Å². The molecule has 1 heterocycles. The Balaban J connectivity index is 1.74. The summed E-state index contributed by atoms with van der Waals surface area (Å²) in [6, 6.07) is 16.6. The smallest absolute Gasteiger partial charge is 0.260 e. The third-order valence-corrected chi connectivity index (χ3v) is 6.61. The lowest BCUT2D eigenvalue weighted by molar-refractivity contribution is 0.0956. The Bertz CT molecular complexity index is 1250. The van der Waals surface area contributed by atoms with E-state index in [-0.39, 0.29) is 21.9 Å². The van der Waals surface area contributed by atoms with Crippen molar-refractivity contribution in [3.63, 3.8) is 0 Å². The van der Waals surface area contributed by atoms with Gasteiger partial charge in [-0.25, -0.2) is 8.42 Å². The number of H-pyrrole nitrogens is 1. The van der Waals surface area contributed by atoms with E-state index in [4.69, 9.17) is 11.6 Å². The minimum atomic E-state index is -3.69. The number of hydrogen-bond donors (Lipinski definition) is 2.